The highest BCUT2D eigenvalue weighted by atomic mass is 19.1. The molecule has 0 aromatic carbocycles. The van der Waals surface area contributed by atoms with E-state index in [-0.39, 0.29) is 18.0 Å². The van der Waals surface area contributed by atoms with Gasteiger partial charge < -0.3 is 10.1 Å². The molecule has 0 aliphatic carbocycles. The van der Waals surface area contributed by atoms with Crippen LogP contribution >= 0.6 is 0 Å². The van der Waals surface area contributed by atoms with Crippen molar-refractivity contribution in [2.45, 2.75) is 13.8 Å². The normalized spacial score (nSPS) is 10.4. The summed E-state index contributed by atoms with van der Waals surface area (Å²) in [5, 5.41) is 5.24. The summed E-state index contributed by atoms with van der Waals surface area (Å²) >= 11 is 0. The van der Waals surface area contributed by atoms with Gasteiger partial charge in [-0.15, -0.1) is 0 Å². The van der Waals surface area contributed by atoms with Crippen LogP contribution in [-0.2, 0) is 4.74 Å². The molecule has 8 nitrogen and oxygen atoms in total. The molecule has 0 atom stereocenters. The molecule has 0 fully saturated rings. The molecule has 0 radical (unpaired) electrons. The number of pyridine rings is 3. The summed E-state index contributed by atoms with van der Waals surface area (Å²) in [5.74, 6) is -0.728. The van der Waals surface area contributed by atoms with E-state index in [1.807, 2.05) is 0 Å². The van der Waals surface area contributed by atoms with Crippen molar-refractivity contribution in [3.8, 4) is 22.3 Å². The lowest BCUT2D eigenvalue weighted by Gasteiger charge is -2.13. The van der Waals surface area contributed by atoms with E-state index in [2.05, 4.69) is 25.6 Å². The Labute approximate surface area is 172 Å². The van der Waals surface area contributed by atoms with Crippen LogP contribution in [0.2, 0.25) is 0 Å². The first-order chi connectivity index (χ1) is 14.5. The van der Waals surface area contributed by atoms with E-state index in [0.717, 1.165) is 6.20 Å². The average Bonchev–Trinajstić information content (AvgIpc) is 2.74. The second-order valence-corrected chi connectivity index (χ2v) is 6.17. The van der Waals surface area contributed by atoms with Crippen LogP contribution < -0.4 is 10.6 Å². The van der Waals surface area contributed by atoms with Gasteiger partial charge in [-0.1, -0.05) is 0 Å². The first-order valence-corrected chi connectivity index (χ1v) is 9.30. The van der Waals surface area contributed by atoms with Gasteiger partial charge in [0.1, 0.15) is 11.6 Å². The van der Waals surface area contributed by atoms with Crippen LogP contribution in [0.5, 0.6) is 0 Å². The van der Waals surface area contributed by atoms with Crippen molar-refractivity contribution in [3.63, 3.8) is 0 Å². The number of halogens is 1. The van der Waals surface area contributed by atoms with Crippen LogP contribution in [0.25, 0.3) is 22.3 Å². The molecule has 2 N–H and O–H groups in total. The molecule has 0 bridgehead atoms. The molecule has 0 unspecified atom stereocenters. The second kappa shape index (κ2) is 9.55. The van der Waals surface area contributed by atoms with Crippen molar-refractivity contribution >= 4 is 17.8 Å². The molecule has 3 heterocycles. The van der Waals surface area contributed by atoms with Gasteiger partial charge in [0.15, 0.2) is 0 Å². The molecule has 2 amide bonds. The van der Waals surface area contributed by atoms with Crippen LogP contribution in [0.15, 0.2) is 49.2 Å². The maximum absolute atomic E-state index is 13.8. The maximum atomic E-state index is 13.8. The van der Waals surface area contributed by atoms with Gasteiger partial charge >= 0.3 is 12.0 Å². The van der Waals surface area contributed by atoms with Crippen molar-refractivity contribution in [2.24, 2.45) is 0 Å². The summed E-state index contributed by atoms with van der Waals surface area (Å²) in [6, 6.07) is 4.14. The Morgan fingerprint density at radius 1 is 0.967 bits per heavy atom. The first-order valence-electron chi connectivity index (χ1n) is 9.30. The molecule has 30 heavy (non-hydrogen) atoms. The molecular weight excluding hydrogens is 389 g/mol. The molecule has 3 aromatic rings. The minimum atomic E-state index is -0.508. The highest BCUT2D eigenvalue weighted by Gasteiger charge is 2.15. The first kappa shape index (κ1) is 20.8. The van der Waals surface area contributed by atoms with Gasteiger partial charge in [0.2, 0.25) is 0 Å². The lowest BCUT2D eigenvalue weighted by atomic mass is 9.97. The maximum Gasteiger partial charge on any atom is 0.339 e. The number of rotatable bonds is 6. The van der Waals surface area contributed by atoms with Gasteiger partial charge in [-0.05, 0) is 37.6 Å². The third-order valence-corrected chi connectivity index (χ3v) is 4.06. The molecule has 0 saturated carbocycles. The van der Waals surface area contributed by atoms with E-state index in [0.29, 0.717) is 28.8 Å². The number of nitrogens with one attached hydrogen (secondary N) is 2. The highest BCUT2D eigenvalue weighted by molar-refractivity contribution is 5.93. The fourth-order valence-electron chi connectivity index (χ4n) is 2.79. The third kappa shape index (κ3) is 4.93. The Morgan fingerprint density at radius 2 is 1.70 bits per heavy atom. The quantitative estimate of drug-likeness (QED) is 0.602. The van der Waals surface area contributed by atoms with Crippen molar-refractivity contribution in [3.05, 3.63) is 60.6 Å². The largest absolute Gasteiger partial charge is 0.462 e. The Kier molecular flexibility index (Phi) is 6.63. The lowest BCUT2D eigenvalue weighted by molar-refractivity contribution is 0.0526. The fourth-order valence-corrected chi connectivity index (χ4v) is 2.79. The number of carbonyl (C=O) groups excluding carboxylic acids is 2. The van der Waals surface area contributed by atoms with E-state index in [1.165, 1.54) is 24.7 Å². The Hall–Kier alpha value is -3.88. The molecule has 154 valence electrons. The van der Waals surface area contributed by atoms with Crippen molar-refractivity contribution < 1.29 is 18.7 Å². The number of aromatic nitrogens is 3. The number of anilines is 1. The minimum absolute atomic E-state index is 0.241. The predicted molar refractivity (Wildman–Crippen MR) is 109 cm³/mol. The van der Waals surface area contributed by atoms with Gasteiger partial charge in [0.25, 0.3) is 0 Å². The van der Waals surface area contributed by atoms with E-state index in [9.17, 15) is 14.0 Å². The molecule has 3 aromatic heterocycles. The van der Waals surface area contributed by atoms with Gasteiger partial charge in [-0.2, -0.15) is 0 Å². The monoisotopic (exact) mass is 409 g/mol. The smallest absolute Gasteiger partial charge is 0.339 e. The van der Waals surface area contributed by atoms with E-state index >= 15 is 0 Å². The molecule has 0 aliphatic heterocycles. The average molecular weight is 409 g/mol. The SMILES string of the molecule is CCNC(=O)Nc1cc(-c2cncc(F)c2)c(-c2cncc(C(=O)OCC)c2)cn1. The summed E-state index contributed by atoms with van der Waals surface area (Å²) in [6.07, 6.45) is 7.09. The third-order valence-electron chi connectivity index (χ3n) is 4.06. The number of hydrogen-bond acceptors (Lipinski definition) is 6. The van der Waals surface area contributed by atoms with Crippen LogP contribution in [0, 0.1) is 5.82 Å². The van der Waals surface area contributed by atoms with Crippen LogP contribution in [-0.4, -0.2) is 40.1 Å². The van der Waals surface area contributed by atoms with Gasteiger partial charge in [0, 0.05) is 48.0 Å². The van der Waals surface area contributed by atoms with E-state index in [1.54, 1.807) is 32.2 Å². The summed E-state index contributed by atoms with van der Waals surface area (Å²) in [6.45, 7) is 4.21. The second-order valence-electron chi connectivity index (χ2n) is 6.17. The number of ether oxygens (including phenoxy) is 1. The minimum Gasteiger partial charge on any atom is -0.462 e. The summed E-state index contributed by atoms with van der Waals surface area (Å²) < 4.78 is 18.8. The van der Waals surface area contributed by atoms with Crippen LogP contribution in [0.4, 0.5) is 15.0 Å². The summed E-state index contributed by atoms with van der Waals surface area (Å²) in [7, 11) is 0. The standard InChI is InChI=1S/C21H20FN5O3/c1-3-25-21(29)27-19-7-17(14-6-16(22)11-24-9-14)18(12-26-19)13-5-15(10-23-8-13)20(28)30-4-2/h5-12H,3-4H2,1-2H3,(H2,25,26,27,29). The summed E-state index contributed by atoms with van der Waals surface area (Å²) in [5.41, 5.74) is 2.49. The number of hydrogen-bond donors (Lipinski definition) is 2. The molecule has 0 spiro atoms. The van der Waals surface area contributed by atoms with Gasteiger partial charge in [0.05, 0.1) is 18.4 Å². The zero-order chi connectivity index (χ0) is 21.5. The number of esters is 1. The van der Waals surface area contributed by atoms with E-state index < -0.39 is 17.8 Å². The van der Waals surface area contributed by atoms with Crippen molar-refractivity contribution in [1.82, 2.24) is 20.3 Å². The molecule has 3 rings (SSSR count). The van der Waals surface area contributed by atoms with Crippen molar-refractivity contribution in [2.75, 3.05) is 18.5 Å². The Morgan fingerprint density at radius 3 is 2.40 bits per heavy atom. The number of carbonyl (C=O) groups is 2. The number of urea groups is 1. The molecular formula is C21H20FN5O3. The Balaban J connectivity index is 2.09. The topological polar surface area (TPSA) is 106 Å². The zero-order valence-electron chi connectivity index (χ0n) is 16.5. The molecule has 0 aliphatic rings. The predicted octanol–water partition coefficient (Wildman–Crippen LogP) is 3.66. The zero-order valence-corrected chi connectivity index (χ0v) is 16.5. The van der Waals surface area contributed by atoms with Gasteiger partial charge in [-0.3, -0.25) is 15.3 Å². The molecule has 9 heteroatoms. The Bertz CT molecular complexity index is 1070. The fraction of sp³-hybridized carbons (Fsp3) is 0.190. The highest BCUT2D eigenvalue weighted by Crippen LogP contribution is 2.33. The van der Waals surface area contributed by atoms with Crippen LogP contribution in [0.3, 0.4) is 0 Å². The van der Waals surface area contributed by atoms with Crippen molar-refractivity contribution in [1.29, 1.82) is 0 Å². The lowest BCUT2D eigenvalue weighted by Crippen LogP contribution is -2.28. The summed E-state index contributed by atoms with van der Waals surface area (Å²) in [4.78, 5) is 36.2. The van der Waals surface area contributed by atoms with E-state index in [4.69, 9.17) is 4.74 Å². The number of nitrogens with zero attached hydrogens (tertiary/aromatic N) is 3. The van der Waals surface area contributed by atoms with Crippen LogP contribution in [0.1, 0.15) is 24.2 Å². The molecule has 0 saturated heterocycles. The van der Waals surface area contributed by atoms with Gasteiger partial charge in [-0.25, -0.2) is 19.0 Å². The number of amides is 2.